The van der Waals surface area contributed by atoms with Crippen molar-refractivity contribution in [1.29, 1.82) is 0 Å². The summed E-state index contributed by atoms with van der Waals surface area (Å²) in [6, 6.07) is 0.135. The van der Waals surface area contributed by atoms with Crippen LogP contribution < -0.4 is 0 Å². The van der Waals surface area contributed by atoms with Crippen LogP contribution in [-0.2, 0) is 20.7 Å². The Balaban J connectivity index is 1.67. The Kier molecular flexibility index (Phi) is 4.97. The van der Waals surface area contributed by atoms with Gasteiger partial charge in [-0.25, -0.2) is 0 Å². The molecule has 1 aliphatic carbocycles. The van der Waals surface area contributed by atoms with Crippen molar-refractivity contribution in [2.45, 2.75) is 70.1 Å². The van der Waals surface area contributed by atoms with Crippen molar-refractivity contribution in [1.82, 2.24) is 15.1 Å². The lowest BCUT2D eigenvalue weighted by atomic mass is 9.79. The van der Waals surface area contributed by atoms with E-state index in [0.717, 1.165) is 49.2 Å². The summed E-state index contributed by atoms with van der Waals surface area (Å²) in [5.74, 6) is 0.204. The molecule has 1 aromatic rings. The van der Waals surface area contributed by atoms with Crippen LogP contribution in [0.4, 0.5) is 0 Å². The number of aromatic nitrogens is 2. The summed E-state index contributed by atoms with van der Waals surface area (Å²) in [6.45, 7) is 4.84. The second-order valence-corrected chi connectivity index (χ2v) is 7.17. The lowest BCUT2D eigenvalue weighted by Crippen LogP contribution is -2.53. The van der Waals surface area contributed by atoms with Gasteiger partial charge in [-0.1, -0.05) is 0 Å². The van der Waals surface area contributed by atoms with E-state index >= 15 is 0 Å². The smallest absolute Gasteiger partial charge is 0.223 e. The fourth-order valence-electron chi connectivity index (χ4n) is 4.32. The maximum Gasteiger partial charge on any atom is 0.223 e. The minimum atomic E-state index is -0.177. The number of fused-ring (bicyclic) bond motifs is 1. The normalized spacial score (nSPS) is 29.8. The molecule has 0 spiro atoms. The van der Waals surface area contributed by atoms with Gasteiger partial charge in [0.15, 0.2) is 0 Å². The van der Waals surface area contributed by atoms with E-state index in [1.54, 1.807) is 14.2 Å². The molecule has 1 saturated heterocycles. The number of likely N-dealkylation sites (tertiary alicyclic amines) is 1. The highest BCUT2D eigenvalue weighted by Crippen LogP contribution is 2.43. The minimum absolute atomic E-state index is 0.135. The van der Waals surface area contributed by atoms with Gasteiger partial charge in [0.25, 0.3) is 0 Å². The van der Waals surface area contributed by atoms with Crippen molar-refractivity contribution in [2.24, 2.45) is 0 Å². The van der Waals surface area contributed by atoms with E-state index in [0.29, 0.717) is 12.8 Å². The van der Waals surface area contributed by atoms with Gasteiger partial charge in [-0.05, 0) is 45.1 Å². The third-order valence-electron chi connectivity index (χ3n) is 6.12. The first-order chi connectivity index (χ1) is 11.5. The minimum Gasteiger partial charge on any atom is -0.381 e. The molecule has 2 heterocycles. The van der Waals surface area contributed by atoms with Crippen LogP contribution in [0.3, 0.4) is 0 Å². The molecule has 3 atom stereocenters. The number of H-pyrrole nitrogens is 1. The highest BCUT2D eigenvalue weighted by molar-refractivity contribution is 5.77. The predicted octanol–water partition coefficient (Wildman–Crippen LogP) is 2.14. The van der Waals surface area contributed by atoms with Crippen molar-refractivity contribution in [3.8, 4) is 0 Å². The van der Waals surface area contributed by atoms with Gasteiger partial charge in [-0.15, -0.1) is 0 Å². The molecule has 134 valence electrons. The summed E-state index contributed by atoms with van der Waals surface area (Å²) in [4.78, 5) is 14.9. The average molecular weight is 335 g/mol. The summed E-state index contributed by atoms with van der Waals surface area (Å²) in [5, 5.41) is 7.30. The molecule has 1 amide bonds. The molecule has 24 heavy (non-hydrogen) atoms. The third-order valence-corrected chi connectivity index (χ3v) is 6.12. The summed E-state index contributed by atoms with van der Waals surface area (Å²) in [5.41, 5.74) is 3.06. The van der Waals surface area contributed by atoms with Crippen LogP contribution in [0, 0.1) is 13.8 Å². The largest absolute Gasteiger partial charge is 0.381 e. The summed E-state index contributed by atoms with van der Waals surface area (Å²) >= 11 is 0. The van der Waals surface area contributed by atoms with Crippen LogP contribution in [0.15, 0.2) is 0 Å². The number of aromatic amines is 1. The Morgan fingerprint density at radius 3 is 2.79 bits per heavy atom. The second-order valence-electron chi connectivity index (χ2n) is 7.17. The molecule has 1 aromatic heterocycles. The Bertz CT molecular complexity index is 600. The maximum atomic E-state index is 12.8. The van der Waals surface area contributed by atoms with Crippen LogP contribution in [0.1, 0.15) is 49.1 Å². The first kappa shape index (κ1) is 17.4. The molecule has 1 N–H and O–H groups in total. The Labute approximate surface area is 143 Å². The monoisotopic (exact) mass is 335 g/mol. The summed E-state index contributed by atoms with van der Waals surface area (Å²) in [7, 11) is 3.54. The zero-order valence-electron chi connectivity index (χ0n) is 15.2. The summed E-state index contributed by atoms with van der Waals surface area (Å²) < 4.78 is 11.5. The topological polar surface area (TPSA) is 67.5 Å². The number of amides is 1. The van der Waals surface area contributed by atoms with Crippen LogP contribution in [0.5, 0.6) is 0 Å². The van der Waals surface area contributed by atoms with Crippen molar-refractivity contribution in [3.63, 3.8) is 0 Å². The van der Waals surface area contributed by atoms with Crippen molar-refractivity contribution < 1.29 is 14.3 Å². The van der Waals surface area contributed by atoms with Crippen molar-refractivity contribution in [3.05, 3.63) is 17.0 Å². The summed E-state index contributed by atoms with van der Waals surface area (Å²) in [6.07, 6.45) is 5.18. The van der Waals surface area contributed by atoms with Crippen molar-refractivity contribution >= 4 is 5.91 Å². The van der Waals surface area contributed by atoms with Crippen molar-refractivity contribution in [2.75, 3.05) is 20.8 Å². The van der Waals surface area contributed by atoms with E-state index in [-0.39, 0.29) is 23.7 Å². The van der Waals surface area contributed by atoms with E-state index in [2.05, 4.69) is 17.1 Å². The molecule has 1 aliphatic heterocycles. The molecule has 0 aromatic carbocycles. The quantitative estimate of drug-likeness (QED) is 0.895. The fourth-order valence-corrected chi connectivity index (χ4v) is 4.32. The van der Waals surface area contributed by atoms with Gasteiger partial charge in [0.05, 0.1) is 23.4 Å². The number of carbonyl (C=O) groups is 1. The average Bonchev–Trinajstić information content (AvgIpc) is 3.14. The van der Waals surface area contributed by atoms with Gasteiger partial charge in [-0.3, -0.25) is 9.89 Å². The zero-order valence-corrected chi connectivity index (χ0v) is 15.2. The number of carbonyl (C=O) groups excluding carboxylic acids is 1. The van der Waals surface area contributed by atoms with Crippen LogP contribution in [0.2, 0.25) is 0 Å². The number of rotatable bonds is 5. The zero-order chi connectivity index (χ0) is 17.3. The lowest BCUT2D eigenvalue weighted by Gasteiger charge is -2.43. The number of methoxy groups -OCH3 is 2. The van der Waals surface area contributed by atoms with E-state index in [1.165, 1.54) is 0 Å². The molecule has 1 saturated carbocycles. The Morgan fingerprint density at radius 1 is 1.38 bits per heavy atom. The molecule has 6 nitrogen and oxygen atoms in total. The highest BCUT2D eigenvalue weighted by atomic mass is 16.5. The van der Waals surface area contributed by atoms with E-state index in [9.17, 15) is 4.79 Å². The van der Waals surface area contributed by atoms with Gasteiger partial charge in [0, 0.05) is 39.3 Å². The molecule has 0 radical (unpaired) electrons. The van der Waals surface area contributed by atoms with Gasteiger partial charge >= 0.3 is 0 Å². The standard InChI is InChI=1S/C18H29N3O3/c1-12-13(2)19-20-15(12)5-6-17(22)21-10-9-18(24-4)8-7-14(23-3)11-16(18)21/h14,16H,5-11H2,1-4H3,(H,19,20)/t14-,16-,18+/m0/s1. The fraction of sp³-hybridized carbons (Fsp3) is 0.778. The number of aryl methyl sites for hydroxylation is 2. The van der Waals surface area contributed by atoms with E-state index in [4.69, 9.17) is 9.47 Å². The Morgan fingerprint density at radius 2 is 2.17 bits per heavy atom. The first-order valence-corrected chi connectivity index (χ1v) is 8.88. The molecular formula is C18H29N3O3. The number of nitrogens with zero attached hydrogens (tertiary/aromatic N) is 2. The van der Waals surface area contributed by atoms with Gasteiger partial charge in [0.2, 0.25) is 5.91 Å². The SMILES string of the molecule is CO[C@H]1CC[C@@]2(OC)CCN(C(=O)CCc3n[nH]c(C)c3C)[C@H]2C1. The van der Waals surface area contributed by atoms with E-state index in [1.807, 2.05) is 11.8 Å². The molecule has 0 bridgehead atoms. The second kappa shape index (κ2) is 6.84. The molecule has 3 rings (SSSR count). The highest BCUT2D eigenvalue weighted by Gasteiger charge is 2.52. The van der Waals surface area contributed by atoms with Gasteiger partial charge in [0.1, 0.15) is 0 Å². The molecule has 2 aliphatic rings. The van der Waals surface area contributed by atoms with Gasteiger partial charge < -0.3 is 14.4 Å². The third kappa shape index (κ3) is 2.97. The lowest BCUT2D eigenvalue weighted by molar-refractivity contribution is -0.140. The van der Waals surface area contributed by atoms with Crippen LogP contribution >= 0.6 is 0 Å². The number of ether oxygens (including phenoxy) is 2. The van der Waals surface area contributed by atoms with Gasteiger partial charge in [-0.2, -0.15) is 5.10 Å². The number of nitrogens with one attached hydrogen (secondary N) is 1. The Hall–Kier alpha value is -1.40. The predicted molar refractivity (Wildman–Crippen MR) is 90.9 cm³/mol. The number of hydrogen-bond acceptors (Lipinski definition) is 4. The first-order valence-electron chi connectivity index (χ1n) is 8.88. The van der Waals surface area contributed by atoms with E-state index < -0.39 is 0 Å². The molecule has 2 fully saturated rings. The van der Waals surface area contributed by atoms with Crippen LogP contribution in [-0.4, -0.2) is 59.5 Å². The number of hydrogen-bond donors (Lipinski definition) is 1. The van der Waals surface area contributed by atoms with Crippen LogP contribution in [0.25, 0.3) is 0 Å². The molecule has 0 unspecified atom stereocenters. The molecule has 6 heteroatoms. The molecular weight excluding hydrogens is 306 g/mol. The maximum absolute atomic E-state index is 12.8.